The largest absolute Gasteiger partial charge is 0.374 e. The van der Waals surface area contributed by atoms with Gasteiger partial charge in [-0.25, -0.2) is 0 Å². The lowest BCUT2D eigenvalue weighted by Crippen LogP contribution is -2.57. The molecule has 1 atom stereocenters. The Morgan fingerprint density at radius 1 is 1.35 bits per heavy atom. The van der Waals surface area contributed by atoms with E-state index in [4.69, 9.17) is 0 Å². The molecule has 142 valence electrons. The summed E-state index contributed by atoms with van der Waals surface area (Å²) in [4.78, 5) is 29.0. The van der Waals surface area contributed by atoms with E-state index >= 15 is 0 Å². The summed E-state index contributed by atoms with van der Waals surface area (Å²) in [6, 6.07) is 6.01. The van der Waals surface area contributed by atoms with Crippen molar-refractivity contribution in [3.05, 3.63) is 29.3 Å². The van der Waals surface area contributed by atoms with Crippen molar-refractivity contribution in [1.82, 2.24) is 15.5 Å². The molecule has 0 saturated carbocycles. The summed E-state index contributed by atoms with van der Waals surface area (Å²) in [7, 11) is 2.10. The molecule has 2 aliphatic rings. The second kappa shape index (κ2) is 8.08. The van der Waals surface area contributed by atoms with E-state index in [9.17, 15) is 9.59 Å². The molecule has 2 heterocycles. The third kappa shape index (κ3) is 4.36. The Labute approximate surface area is 155 Å². The highest BCUT2D eigenvalue weighted by Gasteiger charge is 2.31. The summed E-state index contributed by atoms with van der Waals surface area (Å²) >= 11 is 0. The number of hydrogen-bond donors (Lipinski definition) is 2. The second-order valence-electron chi connectivity index (χ2n) is 7.81. The van der Waals surface area contributed by atoms with Gasteiger partial charge in [0.2, 0.25) is 11.8 Å². The van der Waals surface area contributed by atoms with Gasteiger partial charge < -0.3 is 15.5 Å². The van der Waals surface area contributed by atoms with Crippen LogP contribution in [0.5, 0.6) is 0 Å². The lowest BCUT2D eigenvalue weighted by Gasteiger charge is -2.35. The fourth-order valence-corrected chi connectivity index (χ4v) is 3.85. The van der Waals surface area contributed by atoms with Crippen molar-refractivity contribution in [2.24, 2.45) is 5.92 Å². The molecule has 6 heteroatoms. The standard InChI is InChI=1S/C20H30N4O2/c1-14(2)13-24-9-7-21-20(26)18(24)11-19(25)22-12-15-4-5-17-16(10-15)6-8-23(17)3/h4-5,10,14,18H,6-9,11-13H2,1-3H3,(H,21,26)(H,22,25). The van der Waals surface area contributed by atoms with Crippen molar-refractivity contribution in [1.29, 1.82) is 0 Å². The number of piperazine rings is 1. The molecule has 1 aromatic carbocycles. The van der Waals surface area contributed by atoms with Crippen LogP contribution in [0.1, 0.15) is 31.4 Å². The van der Waals surface area contributed by atoms with Gasteiger partial charge >= 0.3 is 0 Å². The van der Waals surface area contributed by atoms with Crippen molar-refractivity contribution < 1.29 is 9.59 Å². The van der Waals surface area contributed by atoms with E-state index in [-0.39, 0.29) is 24.3 Å². The topological polar surface area (TPSA) is 64.7 Å². The molecule has 1 fully saturated rings. The minimum Gasteiger partial charge on any atom is -0.374 e. The second-order valence-corrected chi connectivity index (χ2v) is 7.81. The number of benzene rings is 1. The molecule has 2 aliphatic heterocycles. The number of hydrogen-bond acceptors (Lipinski definition) is 4. The van der Waals surface area contributed by atoms with E-state index in [0.717, 1.165) is 31.6 Å². The van der Waals surface area contributed by atoms with E-state index < -0.39 is 0 Å². The van der Waals surface area contributed by atoms with E-state index in [1.165, 1.54) is 11.3 Å². The highest BCUT2D eigenvalue weighted by Crippen LogP contribution is 2.27. The minimum absolute atomic E-state index is 0.0346. The van der Waals surface area contributed by atoms with Crippen molar-refractivity contribution in [2.75, 3.05) is 38.1 Å². The Kier molecular flexibility index (Phi) is 5.81. The number of amides is 2. The molecule has 26 heavy (non-hydrogen) atoms. The molecule has 0 radical (unpaired) electrons. The molecule has 3 rings (SSSR count). The quantitative estimate of drug-likeness (QED) is 0.801. The number of carbonyl (C=O) groups is 2. The Hall–Kier alpha value is -2.08. The average molecular weight is 358 g/mol. The minimum atomic E-state index is -0.361. The van der Waals surface area contributed by atoms with E-state index in [1.807, 2.05) is 0 Å². The van der Waals surface area contributed by atoms with Crippen LogP contribution in [-0.4, -0.2) is 56.0 Å². The molecule has 0 bridgehead atoms. The molecule has 1 unspecified atom stereocenters. The first-order chi connectivity index (χ1) is 12.4. The Morgan fingerprint density at radius 2 is 2.15 bits per heavy atom. The fraction of sp³-hybridized carbons (Fsp3) is 0.600. The van der Waals surface area contributed by atoms with Crippen LogP contribution in [0.3, 0.4) is 0 Å². The SMILES string of the molecule is CC(C)CN1CCNC(=O)C1CC(=O)NCc1ccc2c(c1)CCN2C. The van der Waals surface area contributed by atoms with Crippen molar-refractivity contribution in [3.8, 4) is 0 Å². The zero-order valence-electron chi connectivity index (χ0n) is 16.0. The zero-order valence-corrected chi connectivity index (χ0v) is 16.0. The number of likely N-dealkylation sites (N-methyl/N-ethyl adjacent to an activating group) is 1. The van der Waals surface area contributed by atoms with E-state index in [0.29, 0.717) is 19.0 Å². The smallest absolute Gasteiger partial charge is 0.237 e. The molecule has 1 saturated heterocycles. The highest BCUT2D eigenvalue weighted by atomic mass is 16.2. The average Bonchev–Trinajstić information content (AvgIpc) is 2.96. The molecular weight excluding hydrogens is 328 g/mol. The van der Waals surface area contributed by atoms with Crippen LogP contribution in [-0.2, 0) is 22.6 Å². The molecule has 0 aromatic heterocycles. The Balaban J connectivity index is 1.55. The maximum Gasteiger partial charge on any atom is 0.237 e. The fourth-order valence-electron chi connectivity index (χ4n) is 3.85. The van der Waals surface area contributed by atoms with Gasteiger partial charge in [-0.2, -0.15) is 0 Å². The molecule has 2 amide bonds. The number of fused-ring (bicyclic) bond motifs is 1. The van der Waals surface area contributed by atoms with Crippen LogP contribution < -0.4 is 15.5 Å². The zero-order chi connectivity index (χ0) is 18.7. The van der Waals surface area contributed by atoms with Gasteiger partial charge in [0.05, 0.1) is 12.5 Å². The van der Waals surface area contributed by atoms with Crippen molar-refractivity contribution in [2.45, 2.75) is 39.3 Å². The first kappa shape index (κ1) is 18.7. The van der Waals surface area contributed by atoms with Crippen LogP contribution in [0.2, 0.25) is 0 Å². The first-order valence-corrected chi connectivity index (χ1v) is 9.55. The number of anilines is 1. The predicted molar refractivity (Wildman–Crippen MR) is 103 cm³/mol. The molecule has 6 nitrogen and oxygen atoms in total. The summed E-state index contributed by atoms with van der Waals surface area (Å²) in [5.74, 6) is 0.363. The van der Waals surface area contributed by atoms with Crippen LogP contribution in [0.25, 0.3) is 0 Å². The van der Waals surface area contributed by atoms with Gasteiger partial charge in [0.1, 0.15) is 0 Å². The number of carbonyl (C=O) groups excluding carboxylic acids is 2. The predicted octanol–water partition coefficient (Wildman–Crippen LogP) is 1.14. The van der Waals surface area contributed by atoms with Crippen molar-refractivity contribution in [3.63, 3.8) is 0 Å². The van der Waals surface area contributed by atoms with Gasteiger partial charge in [0.15, 0.2) is 0 Å². The summed E-state index contributed by atoms with van der Waals surface area (Å²) in [5, 5.41) is 5.87. The normalized spacial score (nSPS) is 20.2. The molecule has 0 spiro atoms. The first-order valence-electron chi connectivity index (χ1n) is 9.55. The van der Waals surface area contributed by atoms with Gasteiger partial charge in [0, 0.05) is 45.5 Å². The molecule has 2 N–H and O–H groups in total. The van der Waals surface area contributed by atoms with E-state index in [1.54, 1.807) is 0 Å². The summed E-state index contributed by atoms with van der Waals surface area (Å²) in [6.07, 6.45) is 1.27. The number of nitrogens with zero attached hydrogens (tertiary/aromatic N) is 2. The summed E-state index contributed by atoms with van der Waals surface area (Å²) in [6.45, 7) is 8.13. The monoisotopic (exact) mass is 358 g/mol. The van der Waals surface area contributed by atoms with Crippen LogP contribution in [0.15, 0.2) is 18.2 Å². The lowest BCUT2D eigenvalue weighted by atomic mass is 10.1. The highest BCUT2D eigenvalue weighted by molar-refractivity contribution is 5.88. The maximum absolute atomic E-state index is 12.4. The Morgan fingerprint density at radius 3 is 2.92 bits per heavy atom. The van der Waals surface area contributed by atoms with Gasteiger partial charge in [-0.3, -0.25) is 14.5 Å². The lowest BCUT2D eigenvalue weighted by molar-refractivity contribution is -0.134. The summed E-state index contributed by atoms with van der Waals surface area (Å²) in [5.41, 5.74) is 3.73. The number of nitrogens with one attached hydrogen (secondary N) is 2. The summed E-state index contributed by atoms with van der Waals surface area (Å²) < 4.78 is 0. The van der Waals surface area contributed by atoms with Crippen LogP contribution in [0, 0.1) is 5.92 Å². The van der Waals surface area contributed by atoms with E-state index in [2.05, 4.69) is 59.5 Å². The van der Waals surface area contributed by atoms with Gasteiger partial charge in [0.25, 0.3) is 0 Å². The van der Waals surface area contributed by atoms with Gasteiger partial charge in [-0.05, 0) is 29.5 Å². The van der Waals surface area contributed by atoms with Gasteiger partial charge in [-0.1, -0.05) is 26.0 Å². The molecule has 1 aromatic rings. The Bertz CT molecular complexity index is 674. The van der Waals surface area contributed by atoms with Crippen LogP contribution in [0.4, 0.5) is 5.69 Å². The number of rotatable bonds is 6. The third-order valence-corrected chi connectivity index (χ3v) is 5.18. The molecular formula is C20H30N4O2. The maximum atomic E-state index is 12.4. The molecule has 0 aliphatic carbocycles. The van der Waals surface area contributed by atoms with Crippen LogP contribution >= 0.6 is 0 Å². The van der Waals surface area contributed by atoms with Gasteiger partial charge in [-0.15, -0.1) is 0 Å². The third-order valence-electron chi connectivity index (χ3n) is 5.18. The van der Waals surface area contributed by atoms with Crippen molar-refractivity contribution >= 4 is 17.5 Å².